The third kappa shape index (κ3) is 10.9. The fraction of sp³-hybridized carbons (Fsp3) is 0.618. The molecule has 3 nitrogen and oxygen atoms in total. The van der Waals surface area contributed by atoms with Gasteiger partial charge in [-0.15, -0.1) is 0 Å². The van der Waals surface area contributed by atoms with Crippen molar-refractivity contribution in [2.45, 2.75) is 129 Å². The summed E-state index contributed by atoms with van der Waals surface area (Å²) in [5.41, 5.74) is 3.72. The fourth-order valence-corrected chi connectivity index (χ4v) is 5.89. The molecule has 0 unspecified atom stereocenters. The summed E-state index contributed by atoms with van der Waals surface area (Å²) < 4.78 is 26.5. The summed E-state index contributed by atoms with van der Waals surface area (Å²) >= 11 is 3.71. The lowest BCUT2D eigenvalue weighted by molar-refractivity contribution is -0.157. The van der Waals surface area contributed by atoms with Gasteiger partial charge in [-0.1, -0.05) is 76.3 Å². The Morgan fingerprint density at radius 2 is 1.62 bits per heavy atom. The highest BCUT2D eigenvalue weighted by molar-refractivity contribution is 9.10. The Kier molecular flexibility index (Phi) is 13.8. The maximum Gasteiger partial charge on any atom is 0.340 e. The minimum Gasteiger partial charge on any atom is -0.490 e. The van der Waals surface area contributed by atoms with E-state index in [-0.39, 0.29) is 18.6 Å². The van der Waals surface area contributed by atoms with E-state index < -0.39 is 12.1 Å². The SMILES string of the molecule is CCCCCC[C@H](C)Oc1ccc(-c2ccc(CCC3CCC(OC(=O)[C@@H](F)CCCC)CC3)cc2)cc1Br. The van der Waals surface area contributed by atoms with E-state index in [1.807, 2.05) is 6.92 Å². The van der Waals surface area contributed by atoms with E-state index in [1.54, 1.807) is 0 Å². The van der Waals surface area contributed by atoms with Gasteiger partial charge in [-0.05, 0) is 115 Å². The Labute approximate surface area is 244 Å². The maximum atomic E-state index is 13.9. The molecular formula is C34H48BrFO3. The molecule has 0 bridgehead atoms. The molecule has 0 amide bonds. The lowest BCUT2D eigenvalue weighted by Gasteiger charge is -2.28. The number of hydrogen-bond donors (Lipinski definition) is 0. The van der Waals surface area contributed by atoms with Gasteiger partial charge in [0, 0.05) is 0 Å². The largest absolute Gasteiger partial charge is 0.490 e. The van der Waals surface area contributed by atoms with Crippen molar-refractivity contribution in [2.75, 3.05) is 0 Å². The Morgan fingerprint density at radius 1 is 0.923 bits per heavy atom. The summed E-state index contributed by atoms with van der Waals surface area (Å²) in [5.74, 6) is 0.885. The van der Waals surface area contributed by atoms with Crippen LogP contribution in [0.25, 0.3) is 11.1 Å². The van der Waals surface area contributed by atoms with Crippen molar-refractivity contribution in [1.82, 2.24) is 0 Å². The molecule has 39 heavy (non-hydrogen) atoms. The van der Waals surface area contributed by atoms with Crippen LogP contribution in [0.15, 0.2) is 46.9 Å². The first-order valence-electron chi connectivity index (χ1n) is 15.3. The van der Waals surface area contributed by atoms with Crippen LogP contribution in [0.2, 0.25) is 0 Å². The highest BCUT2D eigenvalue weighted by atomic mass is 79.9. The van der Waals surface area contributed by atoms with E-state index in [9.17, 15) is 9.18 Å². The Balaban J connectivity index is 1.41. The second kappa shape index (κ2) is 17.0. The fourth-order valence-electron chi connectivity index (χ4n) is 5.42. The topological polar surface area (TPSA) is 35.5 Å². The van der Waals surface area contributed by atoms with Gasteiger partial charge < -0.3 is 9.47 Å². The van der Waals surface area contributed by atoms with Gasteiger partial charge in [-0.3, -0.25) is 0 Å². The van der Waals surface area contributed by atoms with Crippen LogP contribution >= 0.6 is 15.9 Å². The van der Waals surface area contributed by atoms with Crippen LogP contribution < -0.4 is 4.74 Å². The Bertz CT molecular complexity index is 984. The first-order valence-corrected chi connectivity index (χ1v) is 16.1. The van der Waals surface area contributed by atoms with Crippen molar-refractivity contribution in [3.05, 3.63) is 52.5 Å². The number of carbonyl (C=O) groups is 1. The van der Waals surface area contributed by atoms with E-state index in [1.165, 1.54) is 42.4 Å². The van der Waals surface area contributed by atoms with Crippen LogP contribution in [0.3, 0.4) is 0 Å². The summed E-state index contributed by atoms with van der Waals surface area (Å²) in [5, 5.41) is 0. The van der Waals surface area contributed by atoms with Crippen molar-refractivity contribution in [3.63, 3.8) is 0 Å². The summed E-state index contributed by atoms with van der Waals surface area (Å²) in [4.78, 5) is 12.0. The number of ether oxygens (including phenoxy) is 2. The van der Waals surface area contributed by atoms with Crippen LogP contribution in [0.1, 0.15) is 110 Å². The molecule has 2 atom stereocenters. The second-order valence-electron chi connectivity index (χ2n) is 11.3. The summed E-state index contributed by atoms with van der Waals surface area (Å²) in [6, 6.07) is 15.2. The lowest BCUT2D eigenvalue weighted by atomic mass is 9.83. The molecule has 1 aliphatic rings. The number of benzene rings is 2. The number of halogens is 2. The quantitative estimate of drug-likeness (QED) is 0.141. The third-order valence-corrected chi connectivity index (χ3v) is 8.62. The van der Waals surface area contributed by atoms with E-state index in [2.05, 4.69) is 72.2 Å². The van der Waals surface area contributed by atoms with Gasteiger partial charge in [0.2, 0.25) is 0 Å². The van der Waals surface area contributed by atoms with Crippen molar-refractivity contribution < 1.29 is 18.7 Å². The Hall–Kier alpha value is -1.88. The van der Waals surface area contributed by atoms with Crippen LogP contribution in [0, 0.1) is 5.92 Å². The molecule has 2 aromatic rings. The molecule has 2 aromatic carbocycles. The number of unbranched alkanes of at least 4 members (excludes halogenated alkanes) is 4. The molecule has 0 radical (unpaired) electrons. The van der Waals surface area contributed by atoms with Crippen LogP contribution in [-0.2, 0) is 16.0 Å². The standard InChI is InChI=1S/C34H48BrFO3/c1-4-6-8-9-10-25(3)38-33-23-20-29(24-31(33)35)28-18-14-26(15-19-28)12-13-27-16-21-30(22-17-27)39-34(37)32(36)11-7-5-2/h14-15,18-20,23-25,27,30,32H,4-13,16-17,21-22H2,1-3H3/t25-,27?,30?,32-/m0/s1. The molecule has 5 heteroatoms. The molecular weight excluding hydrogens is 555 g/mol. The third-order valence-electron chi connectivity index (χ3n) is 8.00. The second-order valence-corrected chi connectivity index (χ2v) is 12.2. The number of hydrogen-bond acceptors (Lipinski definition) is 3. The molecule has 0 spiro atoms. The van der Waals surface area contributed by atoms with E-state index in [0.29, 0.717) is 5.92 Å². The number of aryl methyl sites for hydroxylation is 1. The van der Waals surface area contributed by atoms with Crippen LogP contribution in [-0.4, -0.2) is 24.3 Å². The molecule has 0 N–H and O–H groups in total. The molecule has 1 fully saturated rings. The van der Waals surface area contributed by atoms with Crippen molar-refractivity contribution in [3.8, 4) is 16.9 Å². The van der Waals surface area contributed by atoms with Gasteiger partial charge in [0.15, 0.2) is 6.17 Å². The summed E-state index contributed by atoms with van der Waals surface area (Å²) in [6.07, 6.45) is 12.6. The lowest BCUT2D eigenvalue weighted by Crippen LogP contribution is -2.29. The van der Waals surface area contributed by atoms with Crippen molar-refractivity contribution in [1.29, 1.82) is 0 Å². The van der Waals surface area contributed by atoms with Gasteiger partial charge in [-0.2, -0.15) is 0 Å². The predicted octanol–water partition coefficient (Wildman–Crippen LogP) is 10.4. The Morgan fingerprint density at radius 3 is 2.28 bits per heavy atom. The summed E-state index contributed by atoms with van der Waals surface area (Å²) in [6.45, 7) is 6.39. The van der Waals surface area contributed by atoms with Gasteiger partial charge in [-0.25, -0.2) is 9.18 Å². The maximum absolute atomic E-state index is 13.9. The minimum absolute atomic E-state index is 0.113. The number of rotatable bonds is 16. The highest BCUT2D eigenvalue weighted by Crippen LogP contribution is 2.33. The molecule has 1 aliphatic carbocycles. The molecule has 216 valence electrons. The van der Waals surface area contributed by atoms with Gasteiger partial charge in [0.25, 0.3) is 0 Å². The van der Waals surface area contributed by atoms with Crippen LogP contribution in [0.5, 0.6) is 5.75 Å². The van der Waals surface area contributed by atoms with Crippen molar-refractivity contribution >= 4 is 21.9 Å². The number of alkyl halides is 1. The number of carbonyl (C=O) groups excluding carboxylic acids is 1. The first kappa shape index (κ1) is 31.6. The van der Waals surface area contributed by atoms with E-state index in [0.717, 1.165) is 68.0 Å². The van der Waals surface area contributed by atoms with E-state index >= 15 is 0 Å². The zero-order valence-electron chi connectivity index (χ0n) is 24.2. The first-order chi connectivity index (χ1) is 18.9. The van der Waals surface area contributed by atoms with E-state index in [4.69, 9.17) is 9.47 Å². The van der Waals surface area contributed by atoms with Gasteiger partial charge in [0.1, 0.15) is 11.9 Å². The summed E-state index contributed by atoms with van der Waals surface area (Å²) in [7, 11) is 0. The molecule has 0 aromatic heterocycles. The normalized spacial score (nSPS) is 18.9. The molecule has 1 saturated carbocycles. The average molecular weight is 604 g/mol. The average Bonchev–Trinajstić information content (AvgIpc) is 2.95. The smallest absolute Gasteiger partial charge is 0.340 e. The monoisotopic (exact) mass is 602 g/mol. The van der Waals surface area contributed by atoms with Crippen molar-refractivity contribution in [2.24, 2.45) is 5.92 Å². The van der Waals surface area contributed by atoms with Gasteiger partial charge in [0.05, 0.1) is 10.6 Å². The van der Waals surface area contributed by atoms with Gasteiger partial charge >= 0.3 is 5.97 Å². The minimum atomic E-state index is -1.47. The zero-order valence-corrected chi connectivity index (χ0v) is 25.8. The zero-order chi connectivity index (χ0) is 28.0. The predicted molar refractivity (Wildman–Crippen MR) is 163 cm³/mol. The molecule has 3 rings (SSSR count). The van der Waals surface area contributed by atoms with Crippen LogP contribution in [0.4, 0.5) is 4.39 Å². The molecule has 0 aliphatic heterocycles. The number of esters is 1. The molecule has 0 saturated heterocycles. The molecule has 0 heterocycles. The highest BCUT2D eigenvalue weighted by Gasteiger charge is 2.27.